The van der Waals surface area contributed by atoms with Crippen molar-refractivity contribution in [3.8, 4) is 0 Å². The van der Waals surface area contributed by atoms with Gasteiger partial charge in [0, 0.05) is 24.0 Å². The lowest BCUT2D eigenvalue weighted by molar-refractivity contribution is -0.136. The number of alkyl halides is 3. The van der Waals surface area contributed by atoms with Crippen molar-refractivity contribution in [2.24, 2.45) is 0 Å². The van der Waals surface area contributed by atoms with E-state index in [9.17, 15) is 13.2 Å². The largest absolute Gasteiger partial charge is 0.418 e. The van der Waals surface area contributed by atoms with Gasteiger partial charge in [0.1, 0.15) is 0 Å². The van der Waals surface area contributed by atoms with Crippen LogP contribution in [0.4, 0.5) is 24.5 Å². The van der Waals surface area contributed by atoms with Crippen LogP contribution in [0.5, 0.6) is 0 Å². The van der Waals surface area contributed by atoms with Crippen molar-refractivity contribution in [1.82, 2.24) is 0 Å². The van der Waals surface area contributed by atoms with E-state index in [1.54, 1.807) is 6.07 Å². The summed E-state index contributed by atoms with van der Waals surface area (Å²) in [5.41, 5.74) is 5.17. The molecule has 0 spiro atoms. The van der Waals surface area contributed by atoms with E-state index in [4.69, 9.17) is 5.73 Å². The summed E-state index contributed by atoms with van der Waals surface area (Å²) in [6.07, 6.45) is 0.915. The van der Waals surface area contributed by atoms with Gasteiger partial charge in [0.25, 0.3) is 0 Å². The first-order valence-electron chi connectivity index (χ1n) is 7.17. The Morgan fingerprint density at radius 3 is 2.70 bits per heavy atom. The van der Waals surface area contributed by atoms with Crippen LogP contribution in [0.3, 0.4) is 0 Å². The molecule has 112 valence electrons. The van der Waals surface area contributed by atoms with E-state index in [0.29, 0.717) is 11.7 Å². The third-order valence-electron chi connectivity index (χ3n) is 3.92. The summed E-state index contributed by atoms with van der Waals surface area (Å²) < 4.78 is 38.8. The first-order valence-corrected chi connectivity index (χ1v) is 7.17. The predicted molar refractivity (Wildman–Crippen MR) is 75.7 cm³/mol. The SMILES string of the molecule is CCCC1CCCCN1c1ccc(N)c(C(F)(F)F)c1. The van der Waals surface area contributed by atoms with E-state index in [2.05, 4.69) is 11.8 Å². The van der Waals surface area contributed by atoms with Crippen molar-refractivity contribution in [3.63, 3.8) is 0 Å². The molecule has 0 saturated carbocycles. The standard InChI is InChI=1S/C15H21F3N2/c1-2-5-11-6-3-4-9-20(11)12-7-8-14(19)13(10-12)15(16,17)18/h7-8,10-11H,2-6,9,19H2,1H3. The lowest BCUT2D eigenvalue weighted by Gasteiger charge is -2.38. The molecule has 2 rings (SSSR count). The van der Waals surface area contributed by atoms with Crippen molar-refractivity contribution >= 4 is 11.4 Å². The quantitative estimate of drug-likeness (QED) is 0.832. The number of hydrogen-bond donors (Lipinski definition) is 1. The van der Waals surface area contributed by atoms with E-state index in [-0.39, 0.29) is 5.69 Å². The summed E-state index contributed by atoms with van der Waals surface area (Å²) in [7, 11) is 0. The van der Waals surface area contributed by atoms with Gasteiger partial charge in [-0.1, -0.05) is 13.3 Å². The van der Waals surface area contributed by atoms with E-state index < -0.39 is 11.7 Å². The van der Waals surface area contributed by atoms with Crippen LogP contribution >= 0.6 is 0 Å². The summed E-state index contributed by atoms with van der Waals surface area (Å²) >= 11 is 0. The Bertz CT molecular complexity index is 455. The van der Waals surface area contributed by atoms with Gasteiger partial charge < -0.3 is 10.6 Å². The van der Waals surface area contributed by atoms with Gasteiger partial charge in [-0.3, -0.25) is 0 Å². The van der Waals surface area contributed by atoms with Crippen LogP contribution in [0.25, 0.3) is 0 Å². The number of rotatable bonds is 3. The molecule has 0 radical (unpaired) electrons. The summed E-state index contributed by atoms with van der Waals surface area (Å²) in [6, 6.07) is 4.62. The third kappa shape index (κ3) is 3.19. The molecule has 1 saturated heterocycles. The molecule has 0 aromatic heterocycles. The fourth-order valence-electron chi connectivity index (χ4n) is 2.94. The minimum absolute atomic E-state index is 0.203. The highest BCUT2D eigenvalue weighted by Gasteiger charge is 2.34. The molecule has 1 aromatic carbocycles. The fourth-order valence-corrected chi connectivity index (χ4v) is 2.94. The molecular formula is C15H21F3N2. The molecule has 0 aliphatic carbocycles. The van der Waals surface area contributed by atoms with E-state index >= 15 is 0 Å². The molecule has 20 heavy (non-hydrogen) atoms. The maximum Gasteiger partial charge on any atom is 0.418 e. The molecule has 2 N–H and O–H groups in total. The van der Waals surface area contributed by atoms with Crippen LogP contribution in [0, 0.1) is 0 Å². The number of nitrogens with two attached hydrogens (primary N) is 1. The van der Waals surface area contributed by atoms with Crippen molar-refractivity contribution in [2.45, 2.75) is 51.2 Å². The second kappa shape index (κ2) is 5.94. The van der Waals surface area contributed by atoms with Gasteiger partial charge in [0.15, 0.2) is 0 Å². The van der Waals surface area contributed by atoms with Crippen molar-refractivity contribution in [3.05, 3.63) is 23.8 Å². The van der Waals surface area contributed by atoms with Crippen LogP contribution < -0.4 is 10.6 Å². The van der Waals surface area contributed by atoms with Crippen molar-refractivity contribution < 1.29 is 13.2 Å². The van der Waals surface area contributed by atoms with Crippen molar-refractivity contribution in [1.29, 1.82) is 0 Å². The number of piperidine rings is 1. The van der Waals surface area contributed by atoms with Gasteiger partial charge >= 0.3 is 6.18 Å². The van der Waals surface area contributed by atoms with Gasteiger partial charge in [-0.2, -0.15) is 13.2 Å². The molecule has 1 unspecified atom stereocenters. The smallest absolute Gasteiger partial charge is 0.398 e. The lowest BCUT2D eigenvalue weighted by atomic mass is 9.97. The summed E-state index contributed by atoms with van der Waals surface area (Å²) in [5.74, 6) is 0. The summed E-state index contributed by atoms with van der Waals surface area (Å²) in [6.45, 7) is 2.93. The molecule has 1 aromatic rings. The first kappa shape index (κ1) is 15.0. The average Bonchev–Trinajstić information content (AvgIpc) is 2.39. The molecule has 1 aliphatic heterocycles. The van der Waals surface area contributed by atoms with Crippen LogP contribution in [0.1, 0.15) is 44.6 Å². The number of nitrogen functional groups attached to an aromatic ring is 1. The third-order valence-corrected chi connectivity index (χ3v) is 3.92. The van der Waals surface area contributed by atoms with E-state index in [1.807, 2.05) is 0 Å². The van der Waals surface area contributed by atoms with Crippen LogP contribution in [-0.4, -0.2) is 12.6 Å². The van der Waals surface area contributed by atoms with Crippen LogP contribution in [-0.2, 0) is 6.18 Å². The summed E-state index contributed by atoms with van der Waals surface area (Å²) in [5, 5.41) is 0. The summed E-state index contributed by atoms with van der Waals surface area (Å²) in [4.78, 5) is 2.11. The maximum atomic E-state index is 12.9. The zero-order valence-electron chi connectivity index (χ0n) is 11.7. The minimum Gasteiger partial charge on any atom is -0.398 e. The highest BCUT2D eigenvalue weighted by molar-refractivity contribution is 5.60. The Balaban J connectivity index is 2.31. The second-order valence-electron chi connectivity index (χ2n) is 5.40. The predicted octanol–water partition coefficient (Wildman–Crippen LogP) is 4.45. The minimum atomic E-state index is -4.39. The molecule has 0 bridgehead atoms. The number of anilines is 2. The number of nitrogens with zero attached hydrogens (tertiary/aromatic N) is 1. The molecule has 1 aliphatic rings. The van der Waals surface area contributed by atoms with Crippen molar-refractivity contribution in [2.75, 3.05) is 17.2 Å². The normalized spacial score (nSPS) is 20.2. The molecule has 5 heteroatoms. The Hall–Kier alpha value is -1.39. The molecule has 1 atom stereocenters. The Labute approximate surface area is 117 Å². The van der Waals surface area contributed by atoms with Gasteiger partial charge in [0.2, 0.25) is 0 Å². The zero-order chi connectivity index (χ0) is 14.8. The van der Waals surface area contributed by atoms with E-state index in [0.717, 1.165) is 38.6 Å². The maximum absolute atomic E-state index is 12.9. The topological polar surface area (TPSA) is 29.3 Å². The molecule has 1 fully saturated rings. The second-order valence-corrected chi connectivity index (χ2v) is 5.40. The van der Waals surface area contributed by atoms with Crippen LogP contribution in [0.15, 0.2) is 18.2 Å². The average molecular weight is 286 g/mol. The highest BCUT2D eigenvalue weighted by atomic mass is 19.4. The van der Waals surface area contributed by atoms with Gasteiger partial charge in [0.05, 0.1) is 5.56 Å². The van der Waals surface area contributed by atoms with E-state index in [1.165, 1.54) is 12.1 Å². The zero-order valence-corrected chi connectivity index (χ0v) is 11.7. The molecule has 1 heterocycles. The fraction of sp³-hybridized carbons (Fsp3) is 0.600. The van der Waals surface area contributed by atoms with Gasteiger partial charge in [-0.05, 0) is 43.9 Å². The first-order chi connectivity index (χ1) is 9.43. The molecule has 2 nitrogen and oxygen atoms in total. The highest BCUT2D eigenvalue weighted by Crippen LogP contribution is 2.37. The number of benzene rings is 1. The Morgan fingerprint density at radius 1 is 1.30 bits per heavy atom. The lowest BCUT2D eigenvalue weighted by Crippen LogP contribution is -2.39. The number of halogens is 3. The molecule has 0 amide bonds. The van der Waals surface area contributed by atoms with Gasteiger partial charge in [-0.15, -0.1) is 0 Å². The number of hydrogen-bond acceptors (Lipinski definition) is 2. The van der Waals surface area contributed by atoms with Crippen LogP contribution in [0.2, 0.25) is 0 Å². The Morgan fingerprint density at radius 2 is 2.05 bits per heavy atom. The molecular weight excluding hydrogens is 265 g/mol. The van der Waals surface area contributed by atoms with Gasteiger partial charge in [-0.25, -0.2) is 0 Å². The monoisotopic (exact) mass is 286 g/mol. The Kier molecular flexibility index (Phi) is 4.45.